The zero-order valence-electron chi connectivity index (χ0n) is 34.5. The highest BCUT2D eigenvalue weighted by Gasteiger charge is 2.57. The van der Waals surface area contributed by atoms with E-state index < -0.39 is 33.3 Å². The van der Waals surface area contributed by atoms with Crippen molar-refractivity contribution in [3.8, 4) is 0 Å². The Labute approximate surface area is 315 Å². The monoisotopic (exact) mass is 856 g/mol. The summed E-state index contributed by atoms with van der Waals surface area (Å²) in [6.45, 7) is 42.6. The van der Waals surface area contributed by atoms with Gasteiger partial charge in [-0.3, -0.25) is 0 Å². The zero-order chi connectivity index (χ0) is 37.1. The fourth-order valence-electron chi connectivity index (χ4n) is 6.03. The number of rotatable bonds is 15. The molecule has 48 heavy (non-hydrogen) atoms. The van der Waals surface area contributed by atoms with Gasteiger partial charge in [0.1, 0.15) is 24.4 Å². The Morgan fingerprint density at radius 3 is 1.62 bits per heavy atom. The van der Waals surface area contributed by atoms with Crippen molar-refractivity contribution in [3.05, 3.63) is 10.2 Å². The number of halogens is 1. The lowest BCUT2D eigenvalue weighted by atomic mass is 9.87. The summed E-state index contributed by atoms with van der Waals surface area (Å²) in [6.07, 6.45) is 3.74. The third-order valence-electron chi connectivity index (χ3n) is 12.9. The molecule has 2 saturated heterocycles. The molecule has 2 rings (SSSR count). The van der Waals surface area contributed by atoms with E-state index in [0.717, 1.165) is 25.9 Å². The van der Waals surface area contributed by atoms with Gasteiger partial charge in [-0.05, 0) is 102 Å². The van der Waals surface area contributed by atoms with Crippen molar-refractivity contribution < 1.29 is 27.2 Å². The molecular weight excluding hydrogens is 780 g/mol. The highest BCUT2D eigenvalue weighted by Crippen LogP contribution is 2.47. The van der Waals surface area contributed by atoms with E-state index in [1.165, 1.54) is 18.1 Å². The van der Waals surface area contributed by atoms with Crippen LogP contribution in [0.2, 0.25) is 72.5 Å². The minimum Gasteiger partial charge on any atom is -0.417 e. The summed E-state index contributed by atoms with van der Waals surface area (Å²) >= 11 is 2.33. The Balaban J connectivity index is 2.65. The van der Waals surface area contributed by atoms with Crippen LogP contribution in [0.1, 0.15) is 102 Å². The first-order valence-electron chi connectivity index (χ1n) is 19.0. The van der Waals surface area contributed by atoms with Crippen LogP contribution in [-0.4, -0.2) is 82.6 Å². The maximum Gasteiger partial charge on any atom is 0.193 e. The molecule has 2 fully saturated rings. The Morgan fingerprint density at radius 1 is 0.708 bits per heavy atom. The topological polar surface area (TPSA) is 55.4 Å². The van der Waals surface area contributed by atoms with Gasteiger partial charge in [-0.25, -0.2) is 0 Å². The summed E-state index contributed by atoms with van der Waals surface area (Å²) in [4.78, 5) is 0. The van der Waals surface area contributed by atoms with Crippen LogP contribution in [0, 0.1) is 0 Å². The highest BCUT2D eigenvalue weighted by atomic mass is 127. The maximum atomic E-state index is 7.54. The summed E-state index contributed by atoms with van der Waals surface area (Å²) in [5.74, 6) is 0. The van der Waals surface area contributed by atoms with Gasteiger partial charge in [0.25, 0.3) is 0 Å². The van der Waals surface area contributed by atoms with E-state index in [4.69, 9.17) is 27.2 Å². The number of fused-ring (bicyclic) bond motifs is 1. The summed E-state index contributed by atoms with van der Waals surface area (Å²) in [5, 5.41) is 0.116. The minimum absolute atomic E-state index is 0.0202. The minimum atomic E-state index is -2.28. The van der Waals surface area contributed by atoms with Crippen molar-refractivity contribution in [2.75, 3.05) is 6.61 Å². The van der Waals surface area contributed by atoms with Gasteiger partial charge in [-0.1, -0.05) is 106 Å². The standard InChI is InChI=1S/C37H77IO6Si4/c1-19-48(20-2,21-3)39-27-25-28-22-23-29-31(40-28)33(43-46(15,16)36(7,8)9)34(44-47(17,18)37(10,11)12)32(41-29)30(24-26-38)42-45(13,14)35(4,5)6/h24,26,28-34H,19-23,25,27H2,1-18H3/b26-24+/t28?,29-,30?,31-,32-,33?,34?/m0/s1. The maximum absolute atomic E-state index is 7.54. The lowest BCUT2D eigenvalue weighted by Crippen LogP contribution is -2.69. The van der Waals surface area contributed by atoms with Gasteiger partial charge in [0.2, 0.25) is 0 Å². The van der Waals surface area contributed by atoms with Crippen molar-refractivity contribution in [1.29, 1.82) is 0 Å². The van der Waals surface area contributed by atoms with Crippen molar-refractivity contribution in [3.63, 3.8) is 0 Å². The van der Waals surface area contributed by atoms with Crippen LogP contribution in [-0.2, 0) is 27.2 Å². The normalized spacial score (nSPS) is 27.7. The average Bonchev–Trinajstić information content (AvgIpc) is 2.94. The molecule has 0 N–H and O–H groups in total. The molecule has 0 spiro atoms. The average molecular weight is 857 g/mol. The molecule has 0 radical (unpaired) electrons. The van der Waals surface area contributed by atoms with Crippen LogP contribution in [0.15, 0.2) is 10.2 Å². The van der Waals surface area contributed by atoms with Crippen molar-refractivity contribution in [2.24, 2.45) is 0 Å². The van der Waals surface area contributed by atoms with Gasteiger partial charge >= 0.3 is 0 Å². The van der Waals surface area contributed by atoms with E-state index in [0.29, 0.717) is 0 Å². The molecule has 0 bridgehead atoms. The SMILES string of the molecule is CC[Si](CC)(CC)OCCC1CC[C@@H]2O[C@@H](C(/C=C/I)O[Si](C)(C)C(C)(C)C)C(O[Si](C)(C)C(C)(C)C)C(O[Si](C)(C)C(C)(C)C)[C@H]2O1. The van der Waals surface area contributed by atoms with E-state index in [9.17, 15) is 0 Å². The van der Waals surface area contributed by atoms with Gasteiger partial charge in [-0.15, -0.1) is 0 Å². The molecule has 284 valence electrons. The van der Waals surface area contributed by atoms with E-state index in [2.05, 4.69) is 155 Å². The van der Waals surface area contributed by atoms with Crippen molar-refractivity contribution in [2.45, 2.75) is 218 Å². The van der Waals surface area contributed by atoms with Crippen LogP contribution in [0.4, 0.5) is 0 Å². The van der Waals surface area contributed by atoms with E-state index >= 15 is 0 Å². The largest absolute Gasteiger partial charge is 0.417 e. The van der Waals surface area contributed by atoms with Crippen LogP contribution < -0.4 is 0 Å². The molecule has 2 aliphatic rings. The van der Waals surface area contributed by atoms with Crippen molar-refractivity contribution in [1.82, 2.24) is 0 Å². The first-order chi connectivity index (χ1) is 21.7. The molecule has 4 unspecified atom stereocenters. The molecule has 11 heteroatoms. The number of hydrogen-bond acceptors (Lipinski definition) is 6. The summed E-state index contributed by atoms with van der Waals surface area (Å²) in [6, 6.07) is 3.51. The third kappa shape index (κ3) is 11.1. The summed E-state index contributed by atoms with van der Waals surface area (Å²) < 4.78 is 45.5. The van der Waals surface area contributed by atoms with E-state index in [1.807, 2.05) is 0 Å². The molecule has 7 atom stereocenters. The van der Waals surface area contributed by atoms with Gasteiger partial charge in [0, 0.05) is 6.61 Å². The molecule has 0 aliphatic carbocycles. The second-order valence-electron chi connectivity index (χ2n) is 19.2. The molecule has 2 heterocycles. The first-order valence-corrected chi connectivity index (χ1v) is 31.5. The third-order valence-corrected chi connectivity index (χ3v) is 31.4. The smallest absolute Gasteiger partial charge is 0.193 e. The lowest BCUT2D eigenvalue weighted by Gasteiger charge is -2.56. The quantitative estimate of drug-likeness (QED) is 0.121. The fraction of sp³-hybridized carbons (Fsp3) is 0.946. The van der Waals surface area contributed by atoms with Crippen LogP contribution >= 0.6 is 22.6 Å². The summed E-state index contributed by atoms with van der Waals surface area (Å²) in [5.41, 5.74) is 0. The highest BCUT2D eigenvalue weighted by molar-refractivity contribution is 14.1. The molecule has 0 amide bonds. The second-order valence-corrected chi connectivity index (χ2v) is 38.9. The number of ether oxygens (including phenoxy) is 2. The molecule has 6 nitrogen and oxygen atoms in total. The van der Waals surface area contributed by atoms with Crippen LogP contribution in [0.25, 0.3) is 0 Å². The fourth-order valence-corrected chi connectivity index (χ4v) is 13.0. The Kier molecular flexibility index (Phi) is 16.1. The predicted molar refractivity (Wildman–Crippen MR) is 224 cm³/mol. The van der Waals surface area contributed by atoms with Gasteiger partial charge in [0.05, 0.1) is 18.3 Å². The van der Waals surface area contributed by atoms with E-state index in [-0.39, 0.29) is 57.8 Å². The molecule has 0 saturated carbocycles. The van der Waals surface area contributed by atoms with Gasteiger partial charge < -0.3 is 27.2 Å². The second kappa shape index (κ2) is 17.1. The first kappa shape index (κ1) is 45.3. The molecular formula is C37H77IO6Si4. The lowest BCUT2D eigenvalue weighted by molar-refractivity contribution is -0.267. The Hall–Kier alpha value is 1.10. The van der Waals surface area contributed by atoms with Crippen molar-refractivity contribution >= 4 is 55.9 Å². The van der Waals surface area contributed by atoms with Crippen LogP contribution in [0.5, 0.6) is 0 Å². The van der Waals surface area contributed by atoms with Gasteiger partial charge in [0.15, 0.2) is 33.3 Å². The molecule has 0 aromatic carbocycles. The zero-order valence-corrected chi connectivity index (χ0v) is 40.6. The van der Waals surface area contributed by atoms with E-state index in [1.54, 1.807) is 0 Å². The molecule has 2 aliphatic heterocycles. The van der Waals surface area contributed by atoms with Crippen LogP contribution in [0.3, 0.4) is 0 Å². The summed E-state index contributed by atoms with van der Waals surface area (Å²) in [7, 11) is -8.34. The Morgan fingerprint density at radius 2 is 1.19 bits per heavy atom. The van der Waals surface area contributed by atoms with Gasteiger partial charge in [-0.2, -0.15) is 0 Å². The number of hydrogen-bond donors (Lipinski definition) is 0. The Bertz CT molecular complexity index is 1020. The predicted octanol–water partition coefficient (Wildman–Crippen LogP) is 11.8. The molecule has 0 aromatic rings. The molecule has 0 aromatic heterocycles.